The largest absolute Gasteiger partial charge is 0.479 e. The molecule has 1 saturated heterocycles. The molecule has 1 aliphatic heterocycles. The van der Waals surface area contributed by atoms with Crippen molar-refractivity contribution in [2.45, 2.75) is 74.6 Å². The summed E-state index contributed by atoms with van der Waals surface area (Å²) in [6.45, 7) is -0.565. The number of rotatable bonds is 20. The van der Waals surface area contributed by atoms with Crippen molar-refractivity contribution < 1.29 is 87.6 Å². The standard InChI is InChI=1S/C29H46N3O19P/c1-15-3-4-32(27(42)31-15)25-24(39)23(38)21(50-25)14-49-52(44,45)51-29(26(40)41)10-18(22(37)20(36)13-33)17(19(35)11-29)9-16(34)12-30-28(43)48-8-7-47-6-5-46-2/h3-4,17-25,33,35-39H,5-14H2,1-2H3,(H,30,43)(H,40,41)(H,44,45)/t17?,18?,19?,20-,21?,22+,23-,24-,25?,29?/m1/s1. The fourth-order valence-corrected chi connectivity index (χ4v) is 6.99. The molecule has 2 heterocycles. The SMILES string of the molecule is COCCOCCOC(=O)NCC(=O)CC1C(O)CC(OP(=O)(O)OCC2OC(n3ccc(C)nc3=O)[C@H](O)[C@@H]2O)(C(=O)O)CC1[C@H](O)[C@H](O)CO. The first-order valence-corrected chi connectivity index (χ1v) is 17.6. The molecular formula is C29H46N3O19P. The number of aromatic nitrogens is 2. The molecule has 1 aliphatic carbocycles. The lowest BCUT2D eigenvalue weighted by atomic mass is 9.65. The molecule has 52 heavy (non-hydrogen) atoms. The van der Waals surface area contributed by atoms with E-state index >= 15 is 0 Å². The van der Waals surface area contributed by atoms with E-state index in [9.17, 15) is 64.4 Å². The number of hydrogen-bond donors (Lipinski definition) is 9. The molecule has 1 saturated carbocycles. The first-order valence-electron chi connectivity index (χ1n) is 16.1. The lowest BCUT2D eigenvalue weighted by Crippen LogP contribution is -2.57. The van der Waals surface area contributed by atoms with E-state index in [0.29, 0.717) is 12.3 Å². The zero-order valence-corrected chi connectivity index (χ0v) is 29.2. The van der Waals surface area contributed by atoms with Gasteiger partial charge in [-0.3, -0.25) is 18.4 Å². The number of amides is 1. The Bertz CT molecular complexity index is 1470. The van der Waals surface area contributed by atoms with Crippen LogP contribution in [0.25, 0.3) is 0 Å². The number of carboxylic acid groups (broad SMARTS) is 1. The maximum absolute atomic E-state index is 13.1. The first kappa shape index (κ1) is 43.4. The van der Waals surface area contributed by atoms with E-state index in [-0.39, 0.29) is 19.8 Å². The van der Waals surface area contributed by atoms with Crippen LogP contribution < -0.4 is 11.0 Å². The summed E-state index contributed by atoms with van der Waals surface area (Å²) in [6.07, 6.45) is -14.4. The summed E-state index contributed by atoms with van der Waals surface area (Å²) < 4.78 is 44.3. The van der Waals surface area contributed by atoms with Gasteiger partial charge in [0.1, 0.15) is 31.0 Å². The van der Waals surface area contributed by atoms with Gasteiger partial charge in [0.2, 0.25) is 0 Å². The van der Waals surface area contributed by atoms with Gasteiger partial charge in [-0.25, -0.2) is 18.9 Å². The predicted molar refractivity (Wildman–Crippen MR) is 169 cm³/mol. The van der Waals surface area contributed by atoms with Gasteiger partial charge in [0, 0.05) is 31.8 Å². The van der Waals surface area contributed by atoms with Crippen LogP contribution in [0.15, 0.2) is 17.1 Å². The highest BCUT2D eigenvalue weighted by Crippen LogP contribution is 2.54. The zero-order valence-electron chi connectivity index (χ0n) is 28.3. The predicted octanol–water partition coefficient (Wildman–Crippen LogP) is -3.42. The van der Waals surface area contributed by atoms with Gasteiger partial charge in [0.25, 0.3) is 0 Å². The molecule has 1 aromatic rings. The van der Waals surface area contributed by atoms with E-state index < -0.39 is 131 Å². The van der Waals surface area contributed by atoms with Crippen molar-refractivity contribution >= 4 is 25.7 Å². The van der Waals surface area contributed by atoms with Crippen LogP contribution in [0.3, 0.4) is 0 Å². The number of alkyl carbamates (subject to hydrolysis) is 1. The molecule has 0 radical (unpaired) electrons. The number of carboxylic acids is 1. The molecule has 1 amide bonds. The maximum atomic E-state index is 13.1. The van der Waals surface area contributed by atoms with E-state index in [1.165, 1.54) is 19.4 Å². The van der Waals surface area contributed by atoms with Crippen molar-refractivity contribution in [3.05, 3.63) is 28.4 Å². The van der Waals surface area contributed by atoms with E-state index in [0.717, 1.165) is 4.57 Å². The van der Waals surface area contributed by atoms with Crippen LogP contribution in [-0.2, 0) is 42.1 Å². The number of nitrogens with one attached hydrogen (secondary N) is 1. The van der Waals surface area contributed by atoms with Crippen molar-refractivity contribution in [3.8, 4) is 0 Å². The van der Waals surface area contributed by atoms with E-state index in [1.54, 1.807) is 6.92 Å². The summed E-state index contributed by atoms with van der Waals surface area (Å²) in [6, 6.07) is 1.43. The quantitative estimate of drug-likeness (QED) is 0.0460. The van der Waals surface area contributed by atoms with Gasteiger partial charge < -0.3 is 64.9 Å². The van der Waals surface area contributed by atoms with Crippen molar-refractivity contribution in [3.63, 3.8) is 0 Å². The first-order chi connectivity index (χ1) is 24.4. The lowest BCUT2D eigenvalue weighted by Gasteiger charge is -2.46. The fourth-order valence-electron chi connectivity index (χ4n) is 5.93. The fraction of sp³-hybridized carbons (Fsp3) is 0.759. The smallest absolute Gasteiger partial charge is 0.473 e. The minimum absolute atomic E-state index is 0.0548. The van der Waals surface area contributed by atoms with Crippen LogP contribution in [0.2, 0.25) is 0 Å². The molecule has 22 nitrogen and oxygen atoms in total. The summed E-state index contributed by atoms with van der Waals surface area (Å²) >= 11 is 0. The minimum Gasteiger partial charge on any atom is -0.479 e. The highest BCUT2D eigenvalue weighted by atomic mass is 31.2. The molecule has 2 aliphatic rings. The van der Waals surface area contributed by atoms with Crippen molar-refractivity contribution in [2.24, 2.45) is 11.8 Å². The number of nitrogens with zero attached hydrogens (tertiary/aromatic N) is 2. The Labute approximate surface area is 296 Å². The monoisotopic (exact) mass is 771 g/mol. The molecular weight excluding hydrogens is 725 g/mol. The van der Waals surface area contributed by atoms with E-state index in [2.05, 4.69) is 10.3 Å². The number of Topliss-reactive ketones (excluding diaryl/α,β-unsaturated/α-hetero) is 1. The van der Waals surface area contributed by atoms with Gasteiger partial charge in [0.05, 0.1) is 51.8 Å². The van der Waals surface area contributed by atoms with Crippen molar-refractivity contribution in [1.82, 2.24) is 14.9 Å². The van der Waals surface area contributed by atoms with Crippen LogP contribution in [0.4, 0.5) is 4.79 Å². The van der Waals surface area contributed by atoms with Gasteiger partial charge in [-0.1, -0.05) is 0 Å². The minimum atomic E-state index is -5.47. The average molecular weight is 772 g/mol. The van der Waals surface area contributed by atoms with Gasteiger partial charge in [-0.05, 0) is 31.2 Å². The molecule has 0 aromatic carbocycles. The van der Waals surface area contributed by atoms with Crippen LogP contribution >= 0.6 is 7.82 Å². The number of methoxy groups -OCH3 is 1. The number of ketones is 1. The topological polar surface area (TPSA) is 332 Å². The Balaban J connectivity index is 1.69. The van der Waals surface area contributed by atoms with Crippen molar-refractivity contribution in [2.75, 3.05) is 53.3 Å². The lowest BCUT2D eigenvalue weighted by molar-refractivity contribution is -0.181. The Kier molecular flexibility index (Phi) is 16.2. The molecule has 7 unspecified atom stereocenters. The Morgan fingerprint density at radius 1 is 1.13 bits per heavy atom. The zero-order chi connectivity index (χ0) is 38.8. The number of carbonyl (C=O) groups is 3. The third kappa shape index (κ3) is 11.5. The van der Waals surface area contributed by atoms with Crippen molar-refractivity contribution in [1.29, 1.82) is 0 Å². The number of aliphatic hydroxyl groups is 6. The molecule has 2 fully saturated rings. The van der Waals surface area contributed by atoms with Gasteiger partial charge >= 0.3 is 25.6 Å². The number of hydrogen-bond acceptors (Lipinski definition) is 18. The van der Waals surface area contributed by atoms with Crippen LogP contribution in [-0.4, -0.2) is 164 Å². The maximum Gasteiger partial charge on any atom is 0.473 e. The molecule has 0 bridgehead atoms. The second kappa shape index (κ2) is 19.4. The van der Waals surface area contributed by atoms with Gasteiger partial charge in [0.15, 0.2) is 17.6 Å². The third-order valence-electron chi connectivity index (χ3n) is 8.62. The second-order valence-corrected chi connectivity index (χ2v) is 13.7. The Morgan fingerprint density at radius 2 is 1.83 bits per heavy atom. The second-order valence-electron chi connectivity index (χ2n) is 12.3. The van der Waals surface area contributed by atoms with Crippen LogP contribution in [0, 0.1) is 18.8 Å². The number of aliphatic hydroxyl groups excluding tert-OH is 6. The number of aryl methyl sites for hydroxylation is 1. The summed E-state index contributed by atoms with van der Waals surface area (Å²) in [5, 5.41) is 74.9. The van der Waals surface area contributed by atoms with Crippen LogP contribution in [0.5, 0.6) is 0 Å². The molecule has 11 atom stereocenters. The van der Waals surface area contributed by atoms with Gasteiger partial charge in [-0.15, -0.1) is 0 Å². The molecule has 3 rings (SSSR count). The molecule has 9 N–H and O–H groups in total. The van der Waals surface area contributed by atoms with E-state index in [4.69, 9.17) is 28.0 Å². The number of phosphoric acid groups is 1. The Hall–Kier alpha value is -2.96. The number of aliphatic carboxylic acids is 1. The normalized spacial score (nSPS) is 29.9. The molecule has 296 valence electrons. The molecule has 1 aromatic heterocycles. The highest BCUT2D eigenvalue weighted by molar-refractivity contribution is 7.47. The molecule has 23 heteroatoms. The third-order valence-corrected chi connectivity index (χ3v) is 9.67. The summed E-state index contributed by atoms with van der Waals surface area (Å²) in [5.74, 6) is -5.49. The number of ether oxygens (including phenoxy) is 4. The van der Waals surface area contributed by atoms with Gasteiger partial charge in [-0.2, -0.15) is 4.98 Å². The number of carbonyl (C=O) groups excluding carboxylic acids is 2. The van der Waals surface area contributed by atoms with E-state index in [1.807, 2.05) is 0 Å². The number of phosphoric ester groups is 1. The Morgan fingerprint density at radius 3 is 2.46 bits per heavy atom. The average Bonchev–Trinajstić information content (AvgIpc) is 3.36. The molecule has 0 spiro atoms. The highest BCUT2D eigenvalue weighted by Gasteiger charge is 2.57. The summed E-state index contributed by atoms with van der Waals surface area (Å²) in [5.41, 5.74) is -3.25. The summed E-state index contributed by atoms with van der Waals surface area (Å²) in [7, 11) is -3.99. The van der Waals surface area contributed by atoms with Crippen LogP contribution in [0.1, 0.15) is 31.2 Å². The summed E-state index contributed by atoms with van der Waals surface area (Å²) in [4.78, 5) is 63.9.